The summed E-state index contributed by atoms with van der Waals surface area (Å²) in [7, 11) is 0. The standard InChI is InChI=1S/C24H20N2O4/c1-15-7-5-6-10-19(15)25-23(28)20-21(16-11-13-18(27)14-12-16)26(30-22(20)24(25)29)17-8-3-2-4-9-17/h2-14,20-22,27H,1H3/t20-,21-,22+/m0/s1. The third kappa shape index (κ3) is 2.76. The van der Waals surface area contributed by atoms with Gasteiger partial charge in [0.15, 0.2) is 6.10 Å². The minimum Gasteiger partial charge on any atom is -0.508 e. The molecular formula is C24H20N2O4. The molecule has 30 heavy (non-hydrogen) atoms. The quantitative estimate of drug-likeness (QED) is 0.678. The molecule has 0 aromatic heterocycles. The van der Waals surface area contributed by atoms with Crippen LogP contribution in [0, 0.1) is 12.8 Å². The van der Waals surface area contributed by atoms with Gasteiger partial charge in [0.2, 0.25) is 5.91 Å². The highest BCUT2D eigenvalue weighted by Crippen LogP contribution is 2.47. The van der Waals surface area contributed by atoms with E-state index in [0.29, 0.717) is 5.69 Å². The Morgan fingerprint density at radius 1 is 0.833 bits per heavy atom. The van der Waals surface area contributed by atoms with Crippen LogP contribution in [0.4, 0.5) is 11.4 Å². The average molecular weight is 400 g/mol. The van der Waals surface area contributed by atoms with Crippen LogP contribution in [0.1, 0.15) is 17.2 Å². The number of benzene rings is 3. The van der Waals surface area contributed by atoms with E-state index in [0.717, 1.165) is 16.8 Å². The molecule has 2 amide bonds. The van der Waals surface area contributed by atoms with Gasteiger partial charge in [-0.15, -0.1) is 0 Å². The molecule has 2 heterocycles. The molecule has 5 rings (SSSR count). The van der Waals surface area contributed by atoms with Crippen molar-refractivity contribution in [2.24, 2.45) is 5.92 Å². The van der Waals surface area contributed by atoms with Crippen molar-refractivity contribution in [2.75, 3.05) is 9.96 Å². The van der Waals surface area contributed by atoms with Crippen LogP contribution in [0.3, 0.4) is 0 Å². The fourth-order valence-corrected chi connectivity index (χ4v) is 4.28. The number of anilines is 2. The molecule has 3 atom stereocenters. The molecule has 3 aromatic rings. The number of hydrogen-bond acceptors (Lipinski definition) is 5. The number of phenols is 1. The molecule has 2 saturated heterocycles. The van der Waals surface area contributed by atoms with Gasteiger partial charge >= 0.3 is 0 Å². The lowest BCUT2D eigenvalue weighted by molar-refractivity contribution is -0.126. The first-order chi connectivity index (χ1) is 14.6. The predicted octanol–water partition coefficient (Wildman–Crippen LogP) is 3.75. The SMILES string of the molecule is Cc1ccccc1N1C(=O)[C@@H]2[C@@H](ON(c3ccccc3)[C@H]2c2ccc(O)cc2)C1=O. The van der Waals surface area contributed by atoms with Gasteiger partial charge in [0.05, 0.1) is 17.4 Å². The molecule has 1 N–H and O–H groups in total. The van der Waals surface area contributed by atoms with Crippen LogP contribution in [0.2, 0.25) is 0 Å². The highest BCUT2D eigenvalue weighted by atomic mass is 16.7. The van der Waals surface area contributed by atoms with Crippen LogP contribution in [0.15, 0.2) is 78.9 Å². The highest BCUT2D eigenvalue weighted by molar-refractivity contribution is 6.24. The van der Waals surface area contributed by atoms with Gasteiger partial charge in [0.25, 0.3) is 5.91 Å². The van der Waals surface area contributed by atoms with Gasteiger partial charge in [-0.1, -0.05) is 48.5 Å². The first-order valence-electron chi connectivity index (χ1n) is 9.79. The Kier molecular flexibility index (Phi) is 4.29. The van der Waals surface area contributed by atoms with Crippen LogP contribution in [-0.2, 0) is 14.4 Å². The second kappa shape index (κ2) is 7.00. The number of carbonyl (C=O) groups is 2. The molecule has 0 spiro atoms. The maximum Gasteiger partial charge on any atom is 0.266 e. The third-order valence-corrected chi connectivity index (χ3v) is 5.72. The normalized spacial score (nSPS) is 23.2. The Hall–Kier alpha value is -3.64. The van der Waals surface area contributed by atoms with Crippen LogP contribution in [0.25, 0.3) is 0 Å². The van der Waals surface area contributed by atoms with E-state index in [2.05, 4.69) is 0 Å². The molecule has 2 aliphatic rings. The number of rotatable bonds is 3. The van der Waals surface area contributed by atoms with Crippen molar-refractivity contribution in [3.05, 3.63) is 90.0 Å². The van der Waals surface area contributed by atoms with E-state index in [-0.39, 0.29) is 17.6 Å². The summed E-state index contributed by atoms with van der Waals surface area (Å²) < 4.78 is 0. The zero-order chi connectivity index (χ0) is 20.8. The Morgan fingerprint density at radius 3 is 2.20 bits per heavy atom. The maximum atomic E-state index is 13.5. The minimum absolute atomic E-state index is 0.135. The Balaban J connectivity index is 1.60. The first-order valence-corrected chi connectivity index (χ1v) is 9.79. The van der Waals surface area contributed by atoms with Crippen molar-refractivity contribution in [2.45, 2.75) is 19.1 Å². The van der Waals surface area contributed by atoms with Crippen LogP contribution < -0.4 is 9.96 Å². The van der Waals surface area contributed by atoms with Crippen molar-refractivity contribution < 1.29 is 19.5 Å². The van der Waals surface area contributed by atoms with Crippen LogP contribution >= 0.6 is 0 Å². The monoisotopic (exact) mass is 400 g/mol. The van der Waals surface area contributed by atoms with Gasteiger partial charge in [-0.05, 0) is 48.4 Å². The van der Waals surface area contributed by atoms with Gasteiger partial charge in [0.1, 0.15) is 11.7 Å². The molecule has 0 aliphatic carbocycles. The molecule has 6 nitrogen and oxygen atoms in total. The van der Waals surface area contributed by atoms with Crippen molar-refractivity contribution in [3.8, 4) is 5.75 Å². The van der Waals surface area contributed by atoms with Crippen LogP contribution in [0.5, 0.6) is 5.75 Å². The molecular weight excluding hydrogens is 380 g/mol. The summed E-state index contributed by atoms with van der Waals surface area (Å²) in [5, 5.41) is 11.4. The Labute approximate surface area is 173 Å². The van der Waals surface area contributed by atoms with Gasteiger partial charge < -0.3 is 5.11 Å². The molecule has 6 heteroatoms. The van der Waals surface area contributed by atoms with Crippen molar-refractivity contribution in [1.82, 2.24) is 0 Å². The van der Waals surface area contributed by atoms with E-state index < -0.39 is 18.1 Å². The largest absolute Gasteiger partial charge is 0.508 e. The molecule has 0 unspecified atom stereocenters. The summed E-state index contributed by atoms with van der Waals surface area (Å²) in [5.41, 5.74) is 2.98. The molecule has 0 bridgehead atoms. The summed E-state index contributed by atoms with van der Waals surface area (Å²) in [5.74, 6) is -1.20. The second-order valence-electron chi connectivity index (χ2n) is 7.55. The fourth-order valence-electron chi connectivity index (χ4n) is 4.28. The predicted molar refractivity (Wildman–Crippen MR) is 112 cm³/mol. The zero-order valence-electron chi connectivity index (χ0n) is 16.3. The topological polar surface area (TPSA) is 70.1 Å². The van der Waals surface area contributed by atoms with Gasteiger partial charge in [-0.3, -0.25) is 14.4 Å². The van der Waals surface area contributed by atoms with E-state index in [1.54, 1.807) is 35.4 Å². The molecule has 3 aromatic carbocycles. The number of aromatic hydroxyl groups is 1. The highest BCUT2D eigenvalue weighted by Gasteiger charge is 2.60. The Bertz CT molecular complexity index is 1110. The fraction of sp³-hybridized carbons (Fsp3) is 0.167. The number of amides is 2. The molecule has 150 valence electrons. The zero-order valence-corrected chi connectivity index (χ0v) is 16.3. The van der Waals surface area contributed by atoms with Crippen molar-refractivity contribution >= 4 is 23.2 Å². The summed E-state index contributed by atoms with van der Waals surface area (Å²) in [6, 6.07) is 22.9. The Morgan fingerprint density at radius 2 is 1.50 bits per heavy atom. The molecule has 0 saturated carbocycles. The average Bonchev–Trinajstić information content (AvgIpc) is 3.26. The summed E-state index contributed by atoms with van der Waals surface area (Å²) in [6.07, 6.45) is -0.906. The van der Waals surface area contributed by atoms with E-state index >= 15 is 0 Å². The number of phenolic OH excluding ortho intramolecular Hbond substituents is 1. The van der Waals surface area contributed by atoms with E-state index in [4.69, 9.17) is 4.84 Å². The number of nitrogens with zero attached hydrogens (tertiary/aromatic N) is 2. The number of carbonyl (C=O) groups excluding carboxylic acids is 2. The summed E-state index contributed by atoms with van der Waals surface area (Å²) in [4.78, 5) is 34.2. The van der Waals surface area contributed by atoms with E-state index in [1.807, 2.05) is 55.5 Å². The van der Waals surface area contributed by atoms with Crippen molar-refractivity contribution in [1.29, 1.82) is 0 Å². The summed E-state index contributed by atoms with van der Waals surface area (Å²) >= 11 is 0. The number of hydroxylamine groups is 1. The lowest BCUT2D eigenvalue weighted by atomic mass is 9.90. The molecule has 2 fully saturated rings. The number of hydrogen-bond donors (Lipinski definition) is 1. The van der Waals surface area contributed by atoms with Crippen LogP contribution in [-0.4, -0.2) is 23.0 Å². The second-order valence-corrected chi connectivity index (χ2v) is 7.55. The number of fused-ring (bicyclic) bond motifs is 1. The van der Waals surface area contributed by atoms with Crippen molar-refractivity contribution in [3.63, 3.8) is 0 Å². The first kappa shape index (κ1) is 18.4. The van der Waals surface area contributed by atoms with Gasteiger partial charge in [-0.2, -0.15) is 0 Å². The molecule has 2 aliphatic heterocycles. The number of imide groups is 1. The van der Waals surface area contributed by atoms with Gasteiger partial charge in [0, 0.05) is 0 Å². The lowest BCUT2D eigenvalue weighted by Crippen LogP contribution is -2.37. The number of para-hydroxylation sites is 2. The molecule has 0 radical (unpaired) electrons. The lowest BCUT2D eigenvalue weighted by Gasteiger charge is -2.29. The summed E-state index contributed by atoms with van der Waals surface area (Å²) in [6.45, 7) is 1.87. The number of aryl methyl sites for hydroxylation is 1. The van der Waals surface area contributed by atoms with E-state index in [1.165, 1.54) is 4.90 Å². The third-order valence-electron chi connectivity index (χ3n) is 5.72. The van der Waals surface area contributed by atoms with Gasteiger partial charge in [-0.25, -0.2) is 9.96 Å². The van der Waals surface area contributed by atoms with E-state index in [9.17, 15) is 14.7 Å². The maximum absolute atomic E-state index is 13.5. The minimum atomic E-state index is -0.906. The smallest absolute Gasteiger partial charge is 0.266 e.